The molecule has 1 aliphatic carbocycles. The zero-order valence-corrected chi connectivity index (χ0v) is 26.4. The Bertz CT molecular complexity index is 995. The van der Waals surface area contributed by atoms with Gasteiger partial charge >= 0.3 is 5.97 Å². The van der Waals surface area contributed by atoms with Gasteiger partial charge in [0, 0.05) is 24.3 Å². The number of carbonyl (C=O) groups is 3. The van der Waals surface area contributed by atoms with Crippen molar-refractivity contribution >= 4 is 17.7 Å². The maximum Gasteiger partial charge on any atom is 0.326 e. The first-order valence-electron chi connectivity index (χ1n) is 16.5. The van der Waals surface area contributed by atoms with Crippen molar-refractivity contribution in [2.45, 2.75) is 136 Å². The van der Waals surface area contributed by atoms with E-state index in [1.807, 2.05) is 19.1 Å². The maximum atomic E-state index is 13.1. The number of carbonyl (C=O) groups excluding carboxylic acids is 2. The first-order valence-corrected chi connectivity index (χ1v) is 16.5. The number of likely N-dealkylation sites (tertiary alicyclic amines) is 1. The van der Waals surface area contributed by atoms with Crippen molar-refractivity contribution in [3.63, 3.8) is 0 Å². The summed E-state index contributed by atoms with van der Waals surface area (Å²) >= 11 is 0. The van der Waals surface area contributed by atoms with Crippen LogP contribution < -0.4 is 0 Å². The molecule has 1 saturated carbocycles. The van der Waals surface area contributed by atoms with E-state index in [1.165, 1.54) is 29.7 Å². The number of carboxylic acids is 1. The van der Waals surface area contributed by atoms with E-state index < -0.39 is 17.8 Å². The van der Waals surface area contributed by atoms with Gasteiger partial charge in [0.25, 0.3) is 0 Å². The smallest absolute Gasteiger partial charge is 0.326 e. The monoisotopic (exact) mass is 585 g/mol. The molecule has 0 aromatic heterocycles. The molecule has 0 bridgehead atoms. The number of ketones is 1. The number of Topliss-reactive ketones (excluding diaryl/α,β-unsaturated/α-hetero) is 1. The van der Waals surface area contributed by atoms with Gasteiger partial charge in [0.15, 0.2) is 5.79 Å². The third-order valence-corrected chi connectivity index (χ3v) is 9.70. The molecule has 0 aromatic carbocycles. The second kappa shape index (κ2) is 16.6. The first kappa shape index (κ1) is 34.2. The number of aliphatic hydroxyl groups is 1. The summed E-state index contributed by atoms with van der Waals surface area (Å²) in [5, 5.41) is 20.9. The molecule has 3 fully saturated rings. The molecule has 6 atom stereocenters. The molecular weight excluding hydrogens is 530 g/mol. The van der Waals surface area contributed by atoms with Crippen LogP contribution in [0.4, 0.5) is 0 Å². The van der Waals surface area contributed by atoms with Crippen LogP contribution in [0.1, 0.15) is 118 Å². The average Bonchev–Trinajstić information content (AvgIpc) is 2.97. The van der Waals surface area contributed by atoms with E-state index in [-0.39, 0.29) is 36.2 Å². The quantitative estimate of drug-likeness (QED) is 0.226. The lowest BCUT2D eigenvalue weighted by Crippen LogP contribution is -2.54. The van der Waals surface area contributed by atoms with Crippen LogP contribution in [0, 0.1) is 23.7 Å². The van der Waals surface area contributed by atoms with Crippen molar-refractivity contribution in [2.24, 2.45) is 23.7 Å². The van der Waals surface area contributed by atoms with Crippen molar-refractivity contribution in [1.29, 1.82) is 0 Å². The fraction of sp³-hybridized carbons (Fsp3) is 0.743. The third-order valence-electron chi connectivity index (χ3n) is 9.70. The van der Waals surface area contributed by atoms with E-state index in [0.29, 0.717) is 24.7 Å². The minimum atomic E-state index is -1.57. The van der Waals surface area contributed by atoms with Crippen molar-refractivity contribution in [3.8, 4) is 0 Å². The van der Waals surface area contributed by atoms with E-state index in [1.54, 1.807) is 0 Å². The molecule has 4 unspecified atom stereocenters. The molecule has 2 aliphatic heterocycles. The molecule has 2 heterocycles. The molecule has 7 nitrogen and oxygen atoms in total. The van der Waals surface area contributed by atoms with Crippen LogP contribution >= 0.6 is 0 Å². The summed E-state index contributed by atoms with van der Waals surface area (Å²) in [6.45, 7) is 8.65. The molecule has 3 aliphatic rings. The summed E-state index contributed by atoms with van der Waals surface area (Å²) in [6.07, 6.45) is 21.9. The summed E-state index contributed by atoms with van der Waals surface area (Å²) in [5.41, 5.74) is 1.21. The topological polar surface area (TPSA) is 104 Å². The van der Waals surface area contributed by atoms with Crippen LogP contribution in [0.5, 0.6) is 0 Å². The number of rotatable bonds is 13. The number of amides is 1. The zero-order valence-electron chi connectivity index (χ0n) is 26.4. The molecular formula is C35H55NO6. The van der Waals surface area contributed by atoms with Gasteiger partial charge in [0.2, 0.25) is 5.91 Å². The molecule has 1 amide bonds. The fourth-order valence-corrected chi connectivity index (χ4v) is 6.90. The van der Waals surface area contributed by atoms with Crippen molar-refractivity contribution < 1.29 is 29.3 Å². The number of piperidine rings is 1. The van der Waals surface area contributed by atoms with E-state index in [2.05, 4.69) is 39.0 Å². The summed E-state index contributed by atoms with van der Waals surface area (Å²) in [5.74, 6) is -1.89. The summed E-state index contributed by atoms with van der Waals surface area (Å²) in [6, 6.07) is -0.817. The molecule has 7 heteroatoms. The summed E-state index contributed by atoms with van der Waals surface area (Å²) < 4.78 is 6.13. The van der Waals surface area contributed by atoms with E-state index in [9.17, 15) is 24.6 Å². The Hall–Kier alpha value is -2.25. The van der Waals surface area contributed by atoms with Gasteiger partial charge in [-0.05, 0) is 77.0 Å². The van der Waals surface area contributed by atoms with E-state index >= 15 is 0 Å². The average molecular weight is 586 g/mol. The third kappa shape index (κ3) is 10.2. The van der Waals surface area contributed by atoms with Gasteiger partial charge in [-0.15, -0.1) is 0 Å². The lowest BCUT2D eigenvalue weighted by atomic mass is 9.80. The first-order chi connectivity index (χ1) is 20.0. The lowest BCUT2D eigenvalue weighted by molar-refractivity contribution is -0.281. The van der Waals surface area contributed by atoms with Crippen LogP contribution in [-0.2, 0) is 19.1 Å². The molecule has 3 rings (SSSR count). The maximum absolute atomic E-state index is 13.1. The predicted molar refractivity (Wildman–Crippen MR) is 166 cm³/mol. The second-order valence-corrected chi connectivity index (χ2v) is 13.3. The van der Waals surface area contributed by atoms with E-state index in [4.69, 9.17) is 4.74 Å². The van der Waals surface area contributed by atoms with Gasteiger partial charge in [-0.3, -0.25) is 9.59 Å². The van der Waals surface area contributed by atoms with Crippen molar-refractivity contribution in [2.75, 3.05) is 6.54 Å². The Labute approximate surface area is 253 Å². The highest BCUT2D eigenvalue weighted by molar-refractivity contribution is 5.84. The fourth-order valence-electron chi connectivity index (χ4n) is 6.90. The molecule has 0 aromatic rings. The van der Waals surface area contributed by atoms with Crippen molar-refractivity contribution in [3.05, 3.63) is 36.0 Å². The van der Waals surface area contributed by atoms with Gasteiger partial charge in [0.05, 0.1) is 12.5 Å². The number of aliphatic carboxylic acids is 1. The number of allylic oxidation sites excluding steroid dienone is 6. The van der Waals surface area contributed by atoms with Crippen LogP contribution in [0.15, 0.2) is 36.0 Å². The predicted octanol–water partition coefficient (Wildman–Crippen LogP) is 7.00. The van der Waals surface area contributed by atoms with Crippen LogP contribution in [0.3, 0.4) is 0 Å². The minimum absolute atomic E-state index is 0.117. The SMILES string of the molecule is C\C(=C/C=C/C=C/[C@@H](C)CC(C)C(=O)C1CCCCC1)CC[C@@H]1CCC(C)C(O)(CC(=O)N2CCCCC2C(=O)O)O1. The van der Waals surface area contributed by atoms with Gasteiger partial charge in [0.1, 0.15) is 11.8 Å². The lowest BCUT2D eigenvalue weighted by Gasteiger charge is -2.43. The highest BCUT2D eigenvalue weighted by Gasteiger charge is 2.45. The standard InChI is InChI=1S/C35H55NO6/c1-25(13-7-5-8-14-26(2)23-27(3)33(38)29-15-9-6-10-16-29)18-20-30-21-19-28(4)35(41,42-30)24-32(37)36-22-12-11-17-31(36)34(39)40/h5,7-8,13-14,26-31,41H,6,9-12,15-24H2,1-4H3,(H,39,40)/b7-5+,14-8+,25-13+/t26-,27?,28?,30-,31?,35?/m1/s1. The Kier molecular flexibility index (Phi) is 13.5. The Morgan fingerprint density at radius 2 is 1.69 bits per heavy atom. The number of nitrogens with zero attached hydrogens (tertiary/aromatic N) is 1. The number of ether oxygens (including phenoxy) is 1. The summed E-state index contributed by atoms with van der Waals surface area (Å²) in [4.78, 5) is 38.9. The molecule has 2 saturated heterocycles. The van der Waals surface area contributed by atoms with Gasteiger partial charge in [-0.1, -0.05) is 76.0 Å². The van der Waals surface area contributed by atoms with E-state index in [0.717, 1.165) is 57.8 Å². The van der Waals surface area contributed by atoms with Crippen LogP contribution in [0.2, 0.25) is 0 Å². The normalized spacial score (nSPS) is 29.6. The Balaban J connectivity index is 1.42. The highest BCUT2D eigenvalue weighted by atomic mass is 16.6. The number of hydrogen-bond acceptors (Lipinski definition) is 5. The molecule has 0 spiro atoms. The largest absolute Gasteiger partial charge is 0.480 e. The van der Waals surface area contributed by atoms with Crippen molar-refractivity contribution in [1.82, 2.24) is 4.90 Å². The minimum Gasteiger partial charge on any atom is -0.480 e. The molecule has 0 radical (unpaired) electrons. The number of carboxylic acid groups (broad SMARTS) is 1. The highest BCUT2D eigenvalue weighted by Crippen LogP contribution is 2.37. The van der Waals surface area contributed by atoms with Gasteiger partial charge < -0.3 is 19.8 Å². The molecule has 2 N–H and O–H groups in total. The Morgan fingerprint density at radius 1 is 0.976 bits per heavy atom. The van der Waals surface area contributed by atoms with Crippen LogP contribution in [-0.4, -0.2) is 57.3 Å². The van der Waals surface area contributed by atoms with Crippen LogP contribution in [0.25, 0.3) is 0 Å². The second-order valence-electron chi connectivity index (χ2n) is 13.3. The number of hydrogen-bond donors (Lipinski definition) is 2. The molecule has 42 heavy (non-hydrogen) atoms. The van der Waals surface area contributed by atoms with Gasteiger partial charge in [-0.2, -0.15) is 0 Å². The zero-order chi connectivity index (χ0) is 30.7. The summed E-state index contributed by atoms with van der Waals surface area (Å²) in [7, 11) is 0. The molecule has 236 valence electrons. The van der Waals surface area contributed by atoms with Gasteiger partial charge in [-0.25, -0.2) is 4.79 Å². The Morgan fingerprint density at radius 3 is 2.40 bits per heavy atom.